The van der Waals surface area contributed by atoms with Crippen molar-refractivity contribution in [3.63, 3.8) is 0 Å². The molecule has 0 spiro atoms. The first-order chi connectivity index (χ1) is 12.9. The van der Waals surface area contributed by atoms with Gasteiger partial charge >= 0.3 is 0 Å². The fourth-order valence-electron chi connectivity index (χ4n) is 2.98. The van der Waals surface area contributed by atoms with Gasteiger partial charge in [-0.25, -0.2) is 0 Å². The molecule has 2 amide bonds. The van der Waals surface area contributed by atoms with Crippen molar-refractivity contribution in [3.05, 3.63) is 51.2 Å². The molecular formula is C18H19Cl3N4O2. The standard InChI is InChI=1S/C18H19Cl3N4O2/c1-23-15(10-14(20)17(23)21)18(27)22-11-16(26)25-8-6-24(7-9-25)13-4-2-12(19)3-5-13/h2-5,10H,6-9,11H2,1H3,(H,22,27). The molecule has 0 unspecified atom stereocenters. The number of aromatic nitrogens is 1. The zero-order valence-corrected chi connectivity index (χ0v) is 17.0. The van der Waals surface area contributed by atoms with Crippen LogP contribution in [-0.4, -0.2) is 54.0 Å². The van der Waals surface area contributed by atoms with Gasteiger partial charge in [-0.2, -0.15) is 0 Å². The molecule has 6 nitrogen and oxygen atoms in total. The Balaban J connectivity index is 1.50. The predicted molar refractivity (Wildman–Crippen MR) is 108 cm³/mol. The molecule has 1 N–H and O–H groups in total. The van der Waals surface area contributed by atoms with Crippen LogP contribution in [0.15, 0.2) is 30.3 Å². The van der Waals surface area contributed by atoms with Gasteiger partial charge in [-0.05, 0) is 30.3 Å². The molecule has 2 aromatic rings. The van der Waals surface area contributed by atoms with Crippen LogP contribution in [0.5, 0.6) is 0 Å². The van der Waals surface area contributed by atoms with E-state index in [0.29, 0.717) is 28.8 Å². The second-order valence-corrected chi connectivity index (χ2v) is 7.46. The molecule has 1 aromatic heterocycles. The van der Waals surface area contributed by atoms with Crippen LogP contribution >= 0.6 is 34.8 Å². The summed E-state index contributed by atoms with van der Waals surface area (Å²) in [6.45, 7) is 2.58. The zero-order valence-electron chi connectivity index (χ0n) is 14.7. The average molecular weight is 430 g/mol. The average Bonchev–Trinajstić information content (AvgIpc) is 2.94. The highest BCUT2D eigenvalue weighted by molar-refractivity contribution is 6.41. The van der Waals surface area contributed by atoms with Gasteiger partial charge in [0.25, 0.3) is 5.91 Å². The number of nitrogens with zero attached hydrogens (tertiary/aromatic N) is 3. The van der Waals surface area contributed by atoms with Crippen molar-refractivity contribution < 1.29 is 9.59 Å². The van der Waals surface area contributed by atoms with Gasteiger partial charge in [-0.15, -0.1) is 0 Å². The Labute approximate surface area is 172 Å². The molecule has 0 bridgehead atoms. The summed E-state index contributed by atoms with van der Waals surface area (Å²) >= 11 is 17.8. The van der Waals surface area contributed by atoms with Gasteiger partial charge in [0.15, 0.2) is 0 Å². The van der Waals surface area contributed by atoms with Crippen molar-refractivity contribution in [1.29, 1.82) is 0 Å². The van der Waals surface area contributed by atoms with Crippen LogP contribution in [-0.2, 0) is 11.8 Å². The molecule has 1 aliphatic heterocycles. The number of amides is 2. The number of hydrogen-bond donors (Lipinski definition) is 1. The first-order valence-electron chi connectivity index (χ1n) is 8.44. The summed E-state index contributed by atoms with van der Waals surface area (Å²) in [6.07, 6.45) is 0. The Morgan fingerprint density at radius 3 is 2.22 bits per heavy atom. The third-order valence-electron chi connectivity index (χ3n) is 4.57. The summed E-state index contributed by atoms with van der Waals surface area (Å²) < 4.78 is 1.48. The zero-order chi connectivity index (χ0) is 19.6. The molecule has 0 saturated carbocycles. The van der Waals surface area contributed by atoms with E-state index in [0.717, 1.165) is 18.8 Å². The Bertz CT molecular complexity index is 843. The summed E-state index contributed by atoms with van der Waals surface area (Å²) in [6, 6.07) is 9.12. The minimum Gasteiger partial charge on any atom is -0.368 e. The summed E-state index contributed by atoms with van der Waals surface area (Å²) in [5.74, 6) is -0.509. The van der Waals surface area contributed by atoms with E-state index in [9.17, 15) is 9.59 Å². The lowest BCUT2D eigenvalue weighted by atomic mass is 10.2. The number of benzene rings is 1. The quantitative estimate of drug-likeness (QED) is 0.813. The third-order valence-corrected chi connectivity index (χ3v) is 5.67. The van der Waals surface area contributed by atoms with E-state index < -0.39 is 0 Å². The maximum Gasteiger partial charge on any atom is 0.268 e. The topological polar surface area (TPSA) is 57.6 Å². The maximum atomic E-state index is 12.4. The molecule has 1 fully saturated rings. The smallest absolute Gasteiger partial charge is 0.268 e. The molecule has 1 saturated heterocycles. The highest BCUT2D eigenvalue weighted by Gasteiger charge is 2.22. The first-order valence-corrected chi connectivity index (χ1v) is 9.57. The summed E-state index contributed by atoms with van der Waals surface area (Å²) in [7, 11) is 1.64. The van der Waals surface area contributed by atoms with Gasteiger partial charge in [0.1, 0.15) is 10.8 Å². The Morgan fingerprint density at radius 2 is 1.67 bits per heavy atom. The van der Waals surface area contributed by atoms with E-state index >= 15 is 0 Å². The first kappa shape index (κ1) is 19.9. The number of carbonyl (C=O) groups excluding carboxylic acids is 2. The molecular weight excluding hydrogens is 411 g/mol. The SMILES string of the molecule is Cn1c(C(=O)NCC(=O)N2CCN(c3ccc(Cl)cc3)CC2)cc(Cl)c1Cl. The van der Waals surface area contributed by atoms with Crippen molar-refractivity contribution in [2.45, 2.75) is 0 Å². The lowest BCUT2D eigenvalue weighted by Crippen LogP contribution is -2.51. The van der Waals surface area contributed by atoms with Crippen LogP contribution in [0, 0.1) is 0 Å². The highest BCUT2D eigenvalue weighted by atomic mass is 35.5. The molecule has 2 heterocycles. The van der Waals surface area contributed by atoms with Gasteiger partial charge < -0.3 is 19.7 Å². The fraction of sp³-hybridized carbons (Fsp3) is 0.333. The molecule has 0 atom stereocenters. The van der Waals surface area contributed by atoms with E-state index in [4.69, 9.17) is 34.8 Å². The largest absolute Gasteiger partial charge is 0.368 e. The molecule has 0 aliphatic carbocycles. The number of rotatable bonds is 4. The van der Waals surface area contributed by atoms with Crippen molar-refractivity contribution in [2.24, 2.45) is 7.05 Å². The molecule has 144 valence electrons. The lowest BCUT2D eigenvalue weighted by molar-refractivity contribution is -0.130. The Morgan fingerprint density at radius 1 is 1.04 bits per heavy atom. The van der Waals surface area contributed by atoms with Crippen molar-refractivity contribution >= 4 is 52.3 Å². The summed E-state index contributed by atoms with van der Waals surface area (Å²) in [5.41, 5.74) is 1.39. The van der Waals surface area contributed by atoms with E-state index in [2.05, 4.69) is 10.2 Å². The van der Waals surface area contributed by atoms with Gasteiger partial charge in [0, 0.05) is 43.9 Å². The van der Waals surface area contributed by atoms with Crippen molar-refractivity contribution in [1.82, 2.24) is 14.8 Å². The number of halogens is 3. The van der Waals surface area contributed by atoms with Gasteiger partial charge in [0.2, 0.25) is 5.91 Å². The van der Waals surface area contributed by atoms with E-state index in [1.54, 1.807) is 11.9 Å². The van der Waals surface area contributed by atoms with Gasteiger partial charge in [0.05, 0.1) is 11.6 Å². The van der Waals surface area contributed by atoms with Crippen LogP contribution in [0.4, 0.5) is 5.69 Å². The lowest BCUT2D eigenvalue weighted by Gasteiger charge is -2.36. The van der Waals surface area contributed by atoms with Crippen LogP contribution in [0.3, 0.4) is 0 Å². The van der Waals surface area contributed by atoms with Crippen molar-refractivity contribution in [3.8, 4) is 0 Å². The molecule has 1 aromatic carbocycles. The Hall–Kier alpha value is -1.89. The molecule has 27 heavy (non-hydrogen) atoms. The molecule has 9 heteroatoms. The minimum absolute atomic E-state index is 0.0692. The number of piperazine rings is 1. The normalized spacial score (nSPS) is 14.4. The Kier molecular flexibility index (Phi) is 6.19. The predicted octanol–water partition coefficient (Wildman–Crippen LogP) is 3.06. The second kappa shape index (κ2) is 8.42. The van der Waals surface area contributed by atoms with Crippen LogP contribution in [0.1, 0.15) is 10.5 Å². The number of nitrogens with one attached hydrogen (secondary N) is 1. The summed E-state index contributed by atoms with van der Waals surface area (Å²) in [4.78, 5) is 28.6. The van der Waals surface area contributed by atoms with E-state index in [-0.39, 0.29) is 23.5 Å². The number of anilines is 1. The number of hydrogen-bond acceptors (Lipinski definition) is 3. The van der Waals surface area contributed by atoms with E-state index in [1.165, 1.54) is 10.6 Å². The molecule has 1 aliphatic rings. The van der Waals surface area contributed by atoms with Gasteiger partial charge in [-0.3, -0.25) is 9.59 Å². The summed E-state index contributed by atoms with van der Waals surface area (Å²) in [5, 5.41) is 3.91. The third kappa shape index (κ3) is 4.51. The van der Waals surface area contributed by atoms with Gasteiger partial charge in [-0.1, -0.05) is 34.8 Å². The number of carbonyl (C=O) groups is 2. The second-order valence-electron chi connectivity index (χ2n) is 6.25. The maximum absolute atomic E-state index is 12.4. The van der Waals surface area contributed by atoms with Crippen LogP contribution < -0.4 is 10.2 Å². The fourth-order valence-corrected chi connectivity index (χ4v) is 3.49. The van der Waals surface area contributed by atoms with E-state index in [1.807, 2.05) is 24.3 Å². The monoisotopic (exact) mass is 428 g/mol. The van der Waals surface area contributed by atoms with Crippen LogP contribution in [0.25, 0.3) is 0 Å². The minimum atomic E-state index is -0.389. The van der Waals surface area contributed by atoms with Crippen molar-refractivity contribution in [2.75, 3.05) is 37.6 Å². The van der Waals surface area contributed by atoms with Crippen LogP contribution in [0.2, 0.25) is 15.2 Å². The molecule has 0 radical (unpaired) electrons. The highest BCUT2D eigenvalue weighted by Crippen LogP contribution is 2.25. The molecule has 3 rings (SSSR count).